The number of thioether (sulfide) groups is 1. The Morgan fingerprint density at radius 3 is 2.50 bits per heavy atom. The second-order valence-electron chi connectivity index (χ2n) is 6.14. The van der Waals surface area contributed by atoms with Crippen molar-refractivity contribution in [1.29, 1.82) is 0 Å². The summed E-state index contributed by atoms with van der Waals surface area (Å²) in [6.45, 7) is 2.34. The molecule has 0 spiro atoms. The molecule has 0 saturated heterocycles. The van der Waals surface area contributed by atoms with Crippen molar-refractivity contribution in [1.82, 2.24) is 15.3 Å². The second-order valence-corrected chi connectivity index (χ2v) is 7.73. The molecule has 1 heterocycles. The van der Waals surface area contributed by atoms with Gasteiger partial charge in [0.15, 0.2) is 5.16 Å². The van der Waals surface area contributed by atoms with Crippen molar-refractivity contribution in [2.75, 3.05) is 12.8 Å². The van der Waals surface area contributed by atoms with Crippen LogP contribution in [0, 0.1) is 6.92 Å². The number of amides is 1. The second kappa shape index (κ2) is 9.41. The van der Waals surface area contributed by atoms with Crippen LogP contribution in [0.15, 0.2) is 53.7 Å². The van der Waals surface area contributed by atoms with Crippen LogP contribution < -0.4 is 5.32 Å². The molecule has 0 bridgehead atoms. The van der Waals surface area contributed by atoms with E-state index in [1.165, 1.54) is 17.3 Å². The Morgan fingerprint density at radius 1 is 1.07 bits per heavy atom. The fourth-order valence-electron chi connectivity index (χ4n) is 2.82. The summed E-state index contributed by atoms with van der Waals surface area (Å²) in [6, 6.07) is 15.2. The number of hydrogen-bond donors (Lipinski definition) is 1. The van der Waals surface area contributed by atoms with Gasteiger partial charge in [-0.3, -0.25) is 4.79 Å². The zero-order valence-electron chi connectivity index (χ0n) is 15.5. The van der Waals surface area contributed by atoms with Gasteiger partial charge in [-0.05, 0) is 37.3 Å². The van der Waals surface area contributed by atoms with Gasteiger partial charge in [0.1, 0.15) is 0 Å². The Balaban J connectivity index is 1.90. The number of aryl methyl sites for hydroxylation is 1. The number of aromatic nitrogens is 2. The first-order valence-electron chi connectivity index (χ1n) is 8.69. The van der Waals surface area contributed by atoms with Crippen LogP contribution in [0.2, 0.25) is 10.0 Å². The highest BCUT2D eigenvalue weighted by Crippen LogP contribution is 2.31. The lowest BCUT2D eigenvalue weighted by atomic mass is 10.0. The standard InChI is InChI=1S/C21H19Cl2N3OS/c1-13-18(20(27)24-11-10-14-6-4-3-5-7-14)19(26-21(25-13)28-2)15-8-9-16(22)17(23)12-15/h3-9,12H,10-11H2,1-2H3,(H,24,27). The number of nitrogens with one attached hydrogen (secondary N) is 1. The number of rotatable bonds is 6. The minimum atomic E-state index is -0.206. The molecule has 0 fully saturated rings. The Morgan fingerprint density at radius 2 is 1.82 bits per heavy atom. The largest absolute Gasteiger partial charge is 0.352 e. The molecule has 0 radical (unpaired) electrons. The topological polar surface area (TPSA) is 54.9 Å². The number of carbonyl (C=O) groups excluding carboxylic acids is 1. The van der Waals surface area contributed by atoms with E-state index in [1.807, 2.05) is 43.5 Å². The van der Waals surface area contributed by atoms with Crippen molar-refractivity contribution in [2.24, 2.45) is 0 Å². The van der Waals surface area contributed by atoms with E-state index in [1.54, 1.807) is 18.2 Å². The normalized spacial score (nSPS) is 10.7. The van der Waals surface area contributed by atoms with E-state index in [-0.39, 0.29) is 5.91 Å². The van der Waals surface area contributed by atoms with Crippen LogP contribution in [0.3, 0.4) is 0 Å². The van der Waals surface area contributed by atoms with Crippen molar-refractivity contribution in [3.63, 3.8) is 0 Å². The monoisotopic (exact) mass is 431 g/mol. The first-order chi connectivity index (χ1) is 13.5. The summed E-state index contributed by atoms with van der Waals surface area (Å²) in [5.74, 6) is -0.206. The molecule has 4 nitrogen and oxygen atoms in total. The van der Waals surface area contributed by atoms with E-state index in [2.05, 4.69) is 15.3 Å². The van der Waals surface area contributed by atoms with Crippen LogP contribution in [-0.4, -0.2) is 28.7 Å². The van der Waals surface area contributed by atoms with Crippen molar-refractivity contribution in [3.8, 4) is 11.3 Å². The molecule has 1 aromatic heterocycles. The Kier molecular flexibility index (Phi) is 6.94. The van der Waals surface area contributed by atoms with Crippen LogP contribution in [0.1, 0.15) is 21.6 Å². The van der Waals surface area contributed by atoms with Crippen LogP contribution in [0.5, 0.6) is 0 Å². The molecule has 0 aliphatic heterocycles. The lowest BCUT2D eigenvalue weighted by Gasteiger charge is -2.14. The number of nitrogens with zero attached hydrogens (tertiary/aromatic N) is 2. The maximum atomic E-state index is 12.9. The fraction of sp³-hybridized carbons (Fsp3) is 0.190. The van der Waals surface area contributed by atoms with Gasteiger partial charge >= 0.3 is 0 Å². The summed E-state index contributed by atoms with van der Waals surface area (Å²) < 4.78 is 0. The molecule has 1 N–H and O–H groups in total. The first-order valence-corrected chi connectivity index (χ1v) is 10.7. The third-order valence-corrected chi connectivity index (χ3v) is 5.50. The van der Waals surface area contributed by atoms with Gasteiger partial charge in [0.25, 0.3) is 5.91 Å². The zero-order valence-corrected chi connectivity index (χ0v) is 17.8. The van der Waals surface area contributed by atoms with Crippen molar-refractivity contribution >= 4 is 40.9 Å². The number of halogens is 2. The van der Waals surface area contributed by atoms with Gasteiger partial charge in [-0.15, -0.1) is 0 Å². The molecule has 0 atom stereocenters. The quantitative estimate of drug-likeness (QED) is 0.416. The number of benzene rings is 2. The molecule has 0 saturated carbocycles. The fourth-order valence-corrected chi connectivity index (χ4v) is 3.53. The molecule has 3 aromatic rings. The molecule has 0 aliphatic carbocycles. The maximum absolute atomic E-state index is 12.9. The molecule has 0 aliphatic rings. The molecule has 3 rings (SSSR count). The molecular formula is C21H19Cl2N3OS. The zero-order chi connectivity index (χ0) is 20.1. The van der Waals surface area contributed by atoms with Gasteiger partial charge < -0.3 is 5.32 Å². The van der Waals surface area contributed by atoms with Crippen LogP contribution in [0.25, 0.3) is 11.3 Å². The first kappa shape index (κ1) is 20.6. The third kappa shape index (κ3) is 4.85. The average Bonchev–Trinajstić information content (AvgIpc) is 2.70. The predicted molar refractivity (Wildman–Crippen MR) is 116 cm³/mol. The Bertz CT molecular complexity index is 996. The highest BCUT2D eigenvalue weighted by Gasteiger charge is 2.20. The molecular weight excluding hydrogens is 413 g/mol. The van der Waals surface area contributed by atoms with Gasteiger partial charge in [-0.2, -0.15) is 0 Å². The number of carbonyl (C=O) groups is 1. The highest BCUT2D eigenvalue weighted by molar-refractivity contribution is 7.98. The van der Waals surface area contributed by atoms with Crippen LogP contribution in [-0.2, 0) is 6.42 Å². The average molecular weight is 432 g/mol. The molecule has 2 aromatic carbocycles. The number of hydrogen-bond acceptors (Lipinski definition) is 4. The minimum absolute atomic E-state index is 0.206. The van der Waals surface area contributed by atoms with Crippen LogP contribution >= 0.6 is 35.0 Å². The lowest BCUT2D eigenvalue weighted by Crippen LogP contribution is -2.27. The van der Waals surface area contributed by atoms with E-state index in [4.69, 9.17) is 23.2 Å². The summed E-state index contributed by atoms with van der Waals surface area (Å²) in [4.78, 5) is 22.0. The van der Waals surface area contributed by atoms with Gasteiger partial charge in [-0.25, -0.2) is 9.97 Å². The summed E-state index contributed by atoms with van der Waals surface area (Å²) in [7, 11) is 0. The van der Waals surface area contributed by atoms with Gasteiger partial charge in [0.05, 0.1) is 27.0 Å². The molecule has 28 heavy (non-hydrogen) atoms. The third-order valence-electron chi connectivity index (χ3n) is 4.21. The predicted octanol–water partition coefficient (Wildman–Crippen LogP) is 5.45. The van der Waals surface area contributed by atoms with Crippen LogP contribution in [0.4, 0.5) is 0 Å². The smallest absolute Gasteiger partial charge is 0.255 e. The molecule has 0 unspecified atom stereocenters. The van der Waals surface area contributed by atoms with E-state index < -0.39 is 0 Å². The summed E-state index contributed by atoms with van der Waals surface area (Å²) in [6.07, 6.45) is 2.64. The maximum Gasteiger partial charge on any atom is 0.255 e. The van der Waals surface area contributed by atoms with E-state index in [0.717, 1.165) is 12.0 Å². The summed E-state index contributed by atoms with van der Waals surface area (Å²) >= 11 is 13.6. The van der Waals surface area contributed by atoms with Crippen molar-refractivity contribution in [3.05, 3.63) is 75.4 Å². The Labute approximate surface area is 178 Å². The van der Waals surface area contributed by atoms with E-state index in [9.17, 15) is 4.79 Å². The SMILES string of the molecule is CSc1nc(C)c(C(=O)NCCc2ccccc2)c(-c2ccc(Cl)c(Cl)c2)n1. The minimum Gasteiger partial charge on any atom is -0.352 e. The van der Waals surface area contributed by atoms with E-state index >= 15 is 0 Å². The molecule has 7 heteroatoms. The van der Waals surface area contributed by atoms with Gasteiger partial charge in [0.2, 0.25) is 0 Å². The molecule has 1 amide bonds. The van der Waals surface area contributed by atoms with Gasteiger partial charge in [-0.1, -0.05) is 71.4 Å². The highest BCUT2D eigenvalue weighted by atomic mass is 35.5. The lowest BCUT2D eigenvalue weighted by molar-refractivity contribution is 0.0953. The Hall–Kier alpha value is -2.08. The molecule has 144 valence electrons. The van der Waals surface area contributed by atoms with Crippen molar-refractivity contribution < 1.29 is 4.79 Å². The van der Waals surface area contributed by atoms with E-state index in [0.29, 0.717) is 38.7 Å². The summed E-state index contributed by atoms with van der Waals surface area (Å²) in [5.41, 5.74) is 3.51. The summed E-state index contributed by atoms with van der Waals surface area (Å²) in [5, 5.41) is 4.44. The van der Waals surface area contributed by atoms with Gasteiger partial charge in [0, 0.05) is 12.1 Å². The van der Waals surface area contributed by atoms with Crippen molar-refractivity contribution in [2.45, 2.75) is 18.5 Å².